The van der Waals surface area contributed by atoms with Gasteiger partial charge in [0.2, 0.25) is 0 Å². The summed E-state index contributed by atoms with van der Waals surface area (Å²) in [6.07, 6.45) is 9.22. The Bertz CT molecular complexity index is 466. The monoisotopic (exact) mass is 324 g/mol. The number of methoxy groups -OCH3 is 3. The Morgan fingerprint density at radius 3 is 2.61 bits per heavy atom. The fourth-order valence-corrected chi connectivity index (χ4v) is 2.85. The highest BCUT2D eigenvalue weighted by atomic mass is 16.5. The summed E-state index contributed by atoms with van der Waals surface area (Å²) in [5.74, 6) is 0.496. The van der Waals surface area contributed by atoms with E-state index in [9.17, 15) is 9.59 Å². The molecule has 130 valence electrons. The highest BCUT2D eigenvalue weighted by Gasteiger charge is 2.34. The van der Waals surface area contributed by atoms with Crippen molar-refractivity contribution in [2.75, 3.05) is 21.3 Å². The van der Waals surface area contributed by atoms with Crippen LogP contribution in [0.15, 0.2) is 23.5 Å². The van der Waals surface area contributed by atoms with E-state index in [1.54, 1.807) is 13.2 Å². The maximum atomic E-state index is 11.7. The number of unbranched alkanes of at least 4 members (excludes halogenated alkanes) is 2. The normalized spacial score (nSPS) is 21.9. The van der Waals surface area contributed by atoms with Gasteiger partial charge in [-0.3, -0.25) is 9.59 Å². The summed E-state index contributed by atoms with van der Waals surface area (Å²) in [5.41, 5.74) is -0.0165. The predicted octanol–water partition coefficient (Wildman–Crippen LogP) is 3.19. The second-order valence-electron chi connectivity index (χ2n) is 5.84. The molecule has 1 rings (SSSR count). The largest absolute Gasteiger partial charge is 0.501 e. The minimum Gasteiger partial charge on any atom is -0.501 e. The van der Waals surface area contributed by atoms with Gasteiger partial charge < -0.3 is 14.2 Å². The number of carbonyl (C=O) groups excluding carboxylic acids is 2. The van der Waals surface area contributed by atoms with Gasteiger partial charge in [-0.05, 0) is 24.0 Å². The minimum absolute atomic E-state index is 0.0294. The Morgan fingerprint density at radius 1 is 1.35 bits per heavy atom. The molecule has 0 saturated carbocycles. The third-order valence-corrected chi connectivity index (χ3v) is 4.37. The molecule has 1 aliphatic rings. The number of allylic oxidation sites excluding steroid dienone is 2. The topological polar surface area (TPSA) is 61.8 Å². The number of hydrogen-bond acceptors (Lipinski definition) is 5. The van der Waals surface area contributed by atoms with E-state index < -0.39 is 5.60 Å². The van der Waals surface area contributed by atoms with Crippen LogP contribution in [0.2, 0.25) is 0 Å². The third kappa shape index (κ3) is 5.20. The van der Waals surface area contributed by atoms with Crippen LogP contribution in [0.5, 0.6) is 0 Å². The van der Waals surface area contributed by atoms with Crippen LogP contribution in [0, 0.1) is 5.92 Å². The maximum Gasteiger partial charge on any atom is 0.306 e. The summed E-state index contributed by atoms with van der Waals surface area (Å²) in [5, 5.41) is 0. The lowest BCUT2D eigenvalue weighted by Crippen LogP contribution is -2.34. The zero-order valence-corrected chi connectivity index (χ0v) is 14.6. The molecule has 5 heteroatoms. The summed E-state index contributed by atoms with van der Waals surface area (Å²) in [7, 11) is 4.49. The van der Waals surface area contributed by atoms with Crippen molar-refractivity contribution < 1.29 is 23.8 Å². The summed E-state index contributed by atoms with van der Waals surface area (Å²) in [6, 6.07) is 0. The van der Waals surface area contributed by atoms with Gasteiger partial charge in [0.1, 0.15) is 11.4 Å². The van der Waals surface area contributed by atoms with Gasteiger partial charge in [0, 0.05) is 13.5 Å². The van der Waals surface area contributed by atoms with Gasteiger partial charge >= 0.3 is 5.97 Å². The highest BCUT2D eigenvalue weighted by Crippen LogP contribution is 2.35. The Labute approximate surface area is 138 Å². The maximum absolute atomic E-state index is 11.7. The molecule has 5 nitrogen and oxygen atoms in total. The van der Waals surface area contributed by atoms with Crippen molar-refractivity contribution in [2.45, 2.75) is 51.0 Å². The lowest BCUT2D eigenvalue weighted by Gasteiger charge is -2.31. The number of hydrogen-bond donors (Lipinski definition) is 0. The third-order valence-electron chi connectivity index (χ3n) is 4.37. The van der Waals surface area contributed by atoms with E-state index in [0.717, 1.165) is 37.5 Å². The summed E-state index contributed by atoms with van der Waals surface area (Å²) < 4.78 is 15.7. The van der Waals surface area contributed by atoms with Crippen molar-refractivity contribution in [3.63, 3.8) is 0 Å². The molecule has 0 aromatic rings. The molecule has 0 aromatic carbocycles. The summed E-state index contributed by atoms with van der Waals surface area (Å²) in [6.45, 7) is 2.15. The van der Waals surface area contributed by atoms with Crippen molar-refractivity contribution in [3.8, 4) is 0 Å². The lowest BCUT2D eigenvalue weighted by molar-refractivity contribution is -0.141. The van der Waals surface area contributed by atoms with E-state index in [1.165, 1.54) is 14.2 Å². The first-order valence-corrected chi connectivity index (χ1v) is 8.10. The molecule has 2 atom stereocenters. The van der Waals surface area contributed by atoms with Crippen molar-refractivity contribution in [2.24, 2.45) is 5.92 Å². The van der Waals surface area contributed by atoms with E-state index in [2.05, 4.69) is 6.92 Å². The number of rotatable bonds is 10. The van der Waals surface area contributed by atoms with E-state index in [4.69, 9.17) is 14.2 Å². The summed E-state index contributed by atoms with van der Waals surface area (Å²) >= 11 is 0. The molecular weight excluding hydrogens is 296 g/mol. The molecule has 0 amide bonds. The van der Waals surface area contributed by atoms with Gasteiger partial charge in [-0.25, -0.2) is 0 Å². The molecule has 0 aromatic heterocycles. The number of aldehydes is 1. The van der Waals surface area contributed by atoms with Gasteiger partial charge in [-0.15, -0.1) is 0 Å². The Balaban J connectivity index is 3.02. The first kappa shape index (κ1) is 19.4. The van der Waals surface area contributed by atoms with E-state index in [1.807, 2.05) is 6.08 Å². The van der Waals surface area contributed by atoms with Crippen molar-refractivity contribution in [1.29, 1.82) is 0 Å². The quantitative estimate of drug-likeness (QED) is 0.351. The standard InChI is InChI=1S/C18H28O5/c1-5-6-7-8-14(11-17(20)22-3)15-9-10-18(13-19,23-4)12-16(15)21-2/h9-10,13-14H,5-8,11-12H2,1-4H3. The van der Waals surface area contributed by atoms with Crippen LogP contribution >= 0.6 is 0 Å². The average molecular weight is 324 g/mol. The first-order valence-electron chi connectivity index (χ1n) is 8.10. The molecule has 0 N–H and O–H groups in total. The second-order valence-corrected chi connectivity index (χ2v) is 5.84. The fourth-order valence-electron chi connectivity index (χ4n) is 2.85. The molecule has 23 heavy (non-hydrogen) atoms. The Morgan fingerprint density at radius 2 is 2.09 bits per heavy atom. The van der Waals surface area contributed by atoms with E-state index >= 15 is 0 Å². The molecule has 0 bridgehead atoms. The minimum atomic E-state index is -0.978. The van der Waals surface area contributed by atoms with Crippen LogP contribution in [-0.4, -0.2) is 39.2 Å². The van der Waals surface area contributed by atoms with Gasteiger partial charge in [0.05, 0.1) is 20.6 Å². The highest BCUT2D eigenvalue weighted by molar-refractivity contribution is 5.71. The Kier molecular flexibility index (Phi) is 8.03. The lowest BCUT2D eigenvalue weighted by atomic mass is 9.82. The van der Waals surface area contributed by atoms with Crippen molar-refractivity contribution in [3.05, 3.63) is 23.5 Å². The molecule has 0 spiro atoms. The average Bonchev–Trinajstić information content (AvgIpc) is 2.60. The van der Waals surface area contributed by atoms with Gasteiger partial charge in [-0.2, -0.15) is 0 Å². The molecule has 0 saturated heterocycles. The number of ether oxygens (including phenoxy) is 3. The zero-order valence-electron chi connectivity index (χ0n) is 14.6. The Hall–Kier alpha value is -1.62. The molecule has 0 aliphatic heterocycles. The van der Waals surface area contributed by atoms with Gasteiger partial charge in [0.15, 0.2) is 6.29 Å². The van der Waals surface area contributed by atoms with E-state index in [-0.39, 0.29) is 11.9 Å². The second kappa shape index (κ2) is 9.50. The SMILES string of the molecule is CCCCCC(CC(=O)OC)C1=C(OC)CC(C=O)(OC)C=C1. The molecule has 0 fully saturated rings. The molecule has 2 unspecified atom stereocenters. The van der Waals surface area contributed by atoms with Crippen molar-refractivity contribution in [1.82, 2.24) is 0 Å². The van der Waals surface area contributed by atoms with Gasteiger partial charge in [0.25, 0.3) is 0 Å². The zero-order chi connectivity index (χ0) is 17.3. The molecule has 0 radical (unpaired) electrons. The first-order chi connectivity index (χ1) is 11.1. The van der Waals surface area contributed by atoms with Crippen molar-refractivity contribution >= 4 is 12.3 Å². The van der Waals surface area contributed by atoms with Crippen LogP contribution in [0.1, 0.15) is 45.4 Å². The van der Waals surface area contributed by atoms with Gasteiger partial charge in [-0.1, -0.05) is 32.3 Å². The predicted molar refractivity (Wildman–Crippen MR) is 87.9 cm³/mol. The van der Waals surface area contributed by atoms with E-state index in [0.29, 0.717) is 18.6 Å². The van der Waals surface area contributed by atoms with Crippen LogP contribution in [-0.2, 0) is 23.8 Å². The summed E-state index contributed by atoms with van der Waals surface area (Å²) in [4.78, 5) is 23.1. The molecule has 0 heterocycles. The van der Waals surface area contributed by atoms with Crippen LogP contribution in [0.3, 0.4) is 0 Å². The molecular formula is C18H28O5. The molecule has 1 aliphatic carbocycles. The number of esters is 1. The fraction of sp³-hybridized carbons (Fsp3) is 0.667. The van der Waals surface area contributed by atoms with Crippen LogP contribution < -0.4 is 0 Å². The van der Waals surface area contributed by atoms with Crippen LogP contribution in [0.25, 0.3) is 0 Å². The number of carbonyl (C=O) groups is 2. The smallest absolute Gasteiger partial charge is 0.306 e. The van der Waals surface area contributed by atoms with Crippen LogP contribution in [0.4, 0.5) is 0 Å².